The number of hydrogen-bond acceptors (Lipinski definition) is 4. The van der Waals surface area contributed by atoms with Gasteiger partial charge >= 0.3 is 0 Å². The minimum absolute atomic E-state index is 0.125. The standard InChI is InChI=1S/C24H34O2S2/c1-23(2,3)19-13-17(27)11-15(21(19)25)9-7-8-10-16-12-18(28)14-20(22(16)26)24(4,5)6/h11-14,25-28H,7-10H2,1-6H3. The van der Waals surface area contributed by atoms with Gasteiger partial charge in [-0.2, -0.15) is 0 Å². The molecule has 0 saturated heterocycles. The number of unbranched alkanes of at least 4 members (excludes halogenated alkanes) is 1. The molecule has 0 spiro atoms. The molecular weight excluding hydrogens is 384 g/mol. The molecule has 0 saturated carbocycles. The summed E-state index contributed by atoms with van der Waals surface area (Å²) < 4.78 is 0. The molecule has 0 aliphatic carbocycles. The predicted molar refractivity (Wildman–Crippen MR) is 125 cm³/mol. The molecule has 4 heteroatoms. The zero-order valence-electron chi connectivity index (χ0n) is 17.9. The molecule has 0 aromatic heterocycles. The Morgan fingerprint density at radius 3 is 1.25 bits per heavy atom. The molecule has 2 aromatic rings. The molecule has 2 aromatic carbocycles. The number of hydrogen-bond donors (Lipinski definition) is 4. The SMILES string of the molecule is CC(C)(C)c1cc(S)cc(CCCCc2cc(S)cc(C(C)(C)C)c2O)c1O. The highest BCUT2D eigenvalue weighted by Crippen LogP contribution is 2.37. The van der Waals surface area contributed by atoms with Crippen molar-refractivity contribution in [3.05, 3.63) is 46.5 Å². The van der Waals surface area contributed by atoms with Crippen molar-refractivity contribution >= 4 is 25.3 Å². The van der Waals surface area contributed by atoms with E-state index in [2.05, 4.69) is 66.8 Å². The lowest BCUT2D eigenvalue weighted by atomic mass is 9.84. The largest absolute Gasteiger partial charge is 0.507 e. The molecule has 0 unspecified atom stereocenters. The number of aryl methyl sites for hydroxylation is 2. The van der Waals surface area contributed by atoms with Gasteiger partial charge in [-0.3, -0.25) is 0 Å². The van der Waals surface area contributed by atoms with Crippen LogP contribution in [0.25, 0.3) is 0 Å². The number of benzene rings is 2. The van der Waals surface area contributed by atoms with Gasteiger partial charge in [-0.25, -0.2) is 0 Å². The monoisotopic (exact) mass is 418 g/mol. The number of thiol groups is 2. The second-order valence-corrected chi connectivity index (χ2v) is 10.7. The highest BCUT2D eigenvalue weighted by atomic mass is 32.1. The fourth-order valence-corrected chi connectivity index (χ4v) is 4.08. The van der Waals surface area contributed by atoms with Crippen molar-refractivity contribution in [1.82, 2.24) is 0 Å². The summed E-state index contributed by atoms with van der Waals surface area (Å²) in [6.07, 6.45) is 3.43. The molecule has 0 bridgehead atoms. The van der Waals surface area contributed by atoms with E-state index in [-0.39, 0.29) is 10.8 Å². The van der Waals surface area contributed by atoms with E-state index >= 15 is 0 Å². The normalized spacial score (nSPS) is 12.4. The van der Waals surface area contributed by atoms with Crippen LogP contribution in [0.5, 0.6) is 11.5 Å². The maximum atomic E-state index is 10.7. The van der Waals surface area contributed by atoms with Crippen molar-refractivity contribution in [2.75, 3.05) is 0 Å². The van der Waals surface area contributed by atoms with Crippen LogP contribution in [0, 0.1) is 0 Å². The number of aromatic hydroxyl groups is 2. The van der Waals surface area contributed by atoms with Crippen LogP contribution < -0.4 is 0 Å². The number of rotatable bonds is 5. The Balaban J connectivity index is 2.10. The van der Waals surface area contributed by atoms with Crippen molar-refractivity contribution in [2.24, 2.45) is 0 Å². The van der Waals surface area contributed by atoms with Crippen LogP contribution in [0.3, 0.4) is 0 Å². The van der Waals surface area contributed by atoms with E-state index in [0.29, 0.717) is 11.5 Å². The first-order chi connectivity index (χ1) is 12.8. The third kappa shape index (κ3) is 5.64. The minimum atomic E-state index is -0.125. The molecule has 28 heavy (non-hydrogen) atoms. The smallest absolute Gasteiger partial charge is 0.122 e. The fourth-order valence-electron chi connectivity index (χ4n) is 3.51. The first-order valence-corrected chi connectivity index (χ1v) is 10.8. The van der Waals surface area contributed by atoms with Gasteiger partial charge in [0.15, 0.2) is 0 Å². The summed E-state index contributed by atoms with van der Waals surface area (Å²) >= 11 is 9.03. The number of phenols is 2. The summed E-state index contributed by atoms with van der Waals surface area (Å²) in [7, 11) is 0. The Hall–Kier alpha value is -1.26. The molecule has 0 atom stereocenters. The third-order valence-corrected chi connectivity index (χ3v) is 5.62. The molecular formula is C24H34O2S2. The first-order valence-electron chi connectivity index (χ1n) is 9.91. The van der Waals surface area contributed by atoms with Gasteiger partial charge in [-0.1, -0.05) is 41.5 Å². The Morgan fingerprint density at radius 2 is 0.964 bits per heavy atom. The second-order valence-electron chi connectivity index (χ2n) is 9.71. The van der Waals surface area contributed by atoms with E-state index in [4.69, 9.17) is 0 Å². The van der Waals surface area contributed by atoms with Crippen molar-refractivity contribution in [2.45, 2.75) is 87.8 Å². The lowest BCUT2D eigenvalue weighted by molar-refractivity contribution is 0.435. The first kappa shape index (κ1) is 23.0. The fraction of sp³-hybridized carbons (Fsp3) is 0.500. The molecule has 154 valence electrons. The molecule has 2 nitrogen and oxygen atoms in total. The average molecular weight is 419 g/mol. The maximum Gasteiger partial charge on any atom is 0.122 e. The van der Waals surface area contributed by atoms with Gasteiger partial charge in [0.05, 0.1) is 0 Å². The third-order valence-electron chi connectivity index (χ3n) is 5.11. The number of phenolic OH excluding ortho intramolecular Hbond substituents is 2. The molecule has 0 aliphatic rings. The quantitative estimate of drug-likeness (QED) is 0.317. The zero-order chi connectivity index (χ0) is 21.3. The van der Waals surface area contributed by atoms with Crippen LogP contribution >= 0.6 is 25.3 Å². The van der Waals surface area contributed by atoms with E-state index in [1.165, 1.54) is 0 Å². The van der Waals surface area contributed by atoms with Crippen molar-refractivity contribution in [3.8, 4) is 11.5 Å². The molecule has 2 N–H and O–H groups in total. The highest BCUT2D eigenvalue weighted by Gasteiger charge is 2.22. The molecule has 0 amide bonds. The Kier molecular flexibility index (Phi) is 7.09. The van der Waals surface area contributed by atoms with E-state index in [0.717, 1.165) is 57.7 Å². The molecule has 0 heterocycles. The zero-order valence-corrected chi connectivity index (χ0v) is 19.7. The van der Waals surface area contributed by atoms with Crippen molar-refractivity contribution in [3.63, 3.8) is 0 Å². The Labute approximate surface area is 181 Å². The topological polar surface area (TPSA) is 40.5 Å². The maximum absolute atomic E-state index is 10.7. The molecule has 0 aliphatic heterocycles. The average Bonchev–Trinajstić information content (AvgIpc) is 2.54. The van der Waals surface area contributed by atoms with Crippen LogP contribution in [0.2, 0.25) is 0 Å². The Bertz CT molecular complexity index is 772. The van der Waals surface area contributed by atoms with Gasteiger partial charge in [-0.15, -0.1) is 25.3 Å². The van der Waals surface area contributed by atoms with Gasteiger partial charge in [0.25, 0.3) is 0 Å². The lowest BCUT2D eigenvalue weighted by Crippen LogP contribution is -2.12. The van der Waals surface area contributed by atoms with Gasteiger partial charge in [0, 0.05) is 20.9 Å². The van der Waals surface area contributed by atoms with Crippen molar-refractivity contribution in [1.29, 1.82) is 0 Å². The van der Waals surface area contributed by atoms with Crippen LogP contribution in [-0.4, -0.2) is 10.2 Å². The van der Waals surface area contributed by atoms with E-state index in [1.54, 1.807) is 0 Å². The van der Waals surface area contributed by atoms with Crippen molar-refractivity contribution < 1.29 is 10.2 Å². The van der Waals surface area contributed by atoms with Crippen LogP contribution in [0.4, 0.5) is 0 Å². The summed E-state index contributed by atoms with van der Waals surface area (Å²) in [5.74, 6) is 0.779. The Morgan fingerprint density at radius 1 is 0.643 bits per heavy atom. The van der Waals surface area contributed by atoms with Crippen LogP contribution in [0.1, 0.15) is 76.6 Å². The van der Waals surface area contributed by atoms with E-state index in [1.807, 2.05) is 24.3 Å². The second kappa shape index (κ2) is 8.62. The molecule has 0 fully saturated rings. The summed E-state index contributed by atoms with van der Waals surface area (Å²) in [5, 5.41) is 21.4. The van der Waals surface area contributed by atoms with Gasteiger partial charge in [-0.05, 0) is 71.9 Å². The summed E-state index contributed by atoms with van der Waals surface area (Å²) in [6, 6.07) is 7.81. The van der Waals surface area contributed by atoms with Gasteiger partial charge < -0.3 is 10.2 Å². The van der Waals surface area contributed by atoms with E-state index < -0.39 is 0 Å². The molecule has 0 radical (unpaired) electrons. The van der Waals surface area contributed by atoms with Gasteiger partial charge in [0.2, 0.25) is 0 Å². The van der Waals surface area contributed by atoms with E-state index in [9.17, 15) is 10.2 Å². The summed E-state index contributed by atoms with van der Waals surface area (Å²) in [6.45, 7) is 12.6. The molecule has 2 rings (SSSR count). The summed E-state index contributed by atoms with van der Waals surface area (Å²) in [4.78, 5) is 1.76. The van der Waals surface area contributed by atoms with Crippen LogP contribution in [-0.2, 0) is 23.7 Å². The van der Waals surface area contributed by atoms with Crippen LogP contribution in [0.15, 0.2) is 34.1 Å². The summed E-state index contributed by atoms with van der Waals surface area (Å²) in [5.41, 5.74) is 3.51. The minimum Gasteiger partial charge on any atom is -0.507 e. The highest BCUT2D eigenvalue weighted by molar-refractivity contribution is 7.80. The predicted octanol–water partition coefficient (Wildman–Crippen LogP) is 6.84. The van der Waals surface area contributed by atoms with Gasteiger partial charge in [0.1, 0.15) is 11.5 Å². The lowest BCUT2D eigenvalue weighted by Gasteiger charge is -2.23.